The Hall–Kier alpha value is -3.33. The maximum Gasteiger partial charge on any atom is 0.336 e. The van der Waals surface area contributed by atoms with Crippen LogP contribution in [0.5, 0.6) is 11.5 Å². The molecule has 0 unspecified atom stereocenters. The van der Waals surface area contributed by atoms with Gasteiger partial charge >= 0.3 is 5.97 Å². The maximum atomic E-state index is 11.9. The third kappa shape index (κ3) is 6.36. The predicted octanol–water partition coefficient (Wildman–Crippen LogP) is 2.78. The zero-order valence-corrected chi connectivity index (χ0v) is 14.5. The van der Waals surface area contributed by atoms with E-state index in [1.165, 1.54) is 31.4 Å². The number of nitrogens with one attached hydrogen (secondary N) is 1. The molecule has 6 nitrogen and oxygen atoms in total. The number of hydrogen-bond donors (Lipinski definition) is 1. The summed E-state index contributed by atoms with van der Waals surface area (Å²) in [6.45, 7) is 7.33. The lowest BCUT2D eigenvalue weighted by Crippen LogP contribution is -2.24. The van der Waals surface area contributed by atoms with E-state index in [4.69, 9.17) is 14.7 Å². The first-order valence-electron chi connectivity index (χ1n) is 7.47. The van der Waals surface area contributed by atoms with Gasteiger partial charge in [-0.2, -0.15) is 5.26 Å². The number of esters is 1. The largest absolute Gasteiger partial charge is 0.493 e. The van der Waals surface area contributed by atoms with Gasteiger partial charge in [0.1, 0.15) is 11.6 Å². The Kier molecular flexibility index (Phi) is 7.67. The number of methoxy groups -OCH3 is 1. The van der Waals surface area contributed by atoms with Gasteiger partial charge in [-0.1, -0.05) is 17.7 Å². The quantitative estimate of drug-likeness (QED) is 0.271. The van der Waals surface area contributed by atoms with Crippen molar-refractivity contribution in [3.63, 3.8) is 0 Å². The summed E-state index contributed by atoms with van der Waals surface area (Å²) in [6, 6.07) is 6.58. The summed E-state index contributed by atoms with van der Waals surface area (Å²) in [5, 5.41) is 11.7. The number of carbonyl (C=O) groups excluding carboxylic acids is 2. The lowest BCUT2D eigenvalue weighted by molar-refractivity contribution is -0.129. The molecule has 0 fully saturated rings. The minimum absolute atomic E-state index is 0.0572. The SMILES string of the molecule is C=CCNC(=O)C(C#N)=Cc1ccc(OC(=O)C=C(C)C)c(OC)c1. The molecule has 1 aromatic rings. The van der Waals surface area contributed by atoms with E-state index < -0.39 is 11.9 Å². The number of benzene rings is 1. The standard InChI is InChI=1S/C19H20N2O4/c1-5-8-21-19(23)15(12-20)10-14-6-7-16(17(11-14)24-4)25-18(22)9-13(2)3/h5-7,9-11H,1,8H2,2-4H3,(H,21,23). The third-order valence-electron chi connectivity index (χ3n) is 2.89. The molecule has 0 aliphatic heterocycles. The predicted molar refractivity (Wildman–Crippen MR) is 94.9 cm³/mol. The number of nitrogens with zero attached hydrogens (tertiary/aromatic N) is 1. The Labute approximate surface area is 147 Å². The third-order valence-corrected chi connectivity index (χ3v) is 2.89. The fourth-order valence-corrected chi connectivity index (χ4v) is 1.81. The van der Waals surface area contributed by atoms with Gasteiger partial charge < -0.3 is 14.8 Å². The van der Waals surface area contributed by atoms with Crippen molar-refractivity contribution in [1.82, 2.24) is 5.32 Å². The molecular formula is C19H20N2O4. The van der Waals surface area contributed by atoms with Gasteiger partial charge in [-0.05, 0) is 37.6 Å². The van der Waals surface area contributed by atoms with E-state index in [0.29, 0.717) is 11.3 Å². The van der Waals surface area contributed by atoms with Crippen LogP contribution in [0, 0.1) is 11.3 Å². The molecule has 0 aliphatic rings. The molecule has 0 saturated heterocycles. The summed E-state index contributed by atoms with van der Waals surface area (Å²) in [5.74, 6) is -0.451. The lowest BCUT2D eigenvalue weighted by Gasteiger charge is -2.09. The molecule has 25 heavy (non-hydrogen) atoms. The molecule has 1 amide bonds. The highest BCUT2D eigenvalue weighted by atomic mass is 16.6. The molecule has 0 aromatic heterocycles. The second-order valence-electron chi connectivity index (χ2n) is 5.22. The Balaban J connectivity index is 3.07. The molecule has 0 spiro atoms. The normalized spacial score (nSPS) is 10.2. The summed E-state index contributed by atoms with van der Waals surface area (Å²) in [7, 11) is 1.43. The van der Waals surface area contributed by atoms with Crippen LogP contribution in [-0.4, -0.2) is 25.5 Å². The van der Waals surface area contributed by atoms with Crippen molar-refractivity contribution in [3.05, 3.63) is 53.6 Å². The number of amides is 1. The minimum Gasteiger partial charge on any atom is -0.493 e. The van der Waals surface area contributed by atoms with Gasteiger partial charge in [0.05, 0.1) is 7.11 Å². The van der Waals surface area contributed by atoms with Gasteiger partial charge in [0.15, 0.2) is 11.5 Å². The fourth-order valence-electron chi connectivity index (χ4n) is 1.81. The van der Waals surface area contributed by atoms with Crippen molar-refractivity contribution in [2.75, 3.05) is 13.7 Å². The topological polar surface area (TPSA) is 88.4 Å². The summed E-state index contributed by atoms with van der Waals surface area (Å²) < 4.78 is 10.4. The molecule has 0 radical (unpaired) electrons. The van der Waals surface area contributed by atoms with E-state index in [1.807, 2.05) is 6.07 Å². The smallest absolute Gasteiger partial charge is 0.336 e. The van der Waals surface area contributed by atoms with Crippen LogP contribution in [-0.2, 0) is 9.59 Å². The van der Waals surface area contributed by atoms with Crippen LogP contribution in [0.2, 0.25) is 0 Å². The van der Waals surface area contributed by atoms with E-state index in [9.17, 15) is 9.59 Å². The van der Waals surface area contributed by atoms with Gasteiger partial charge in [-0.15, -0.1) is 6.58 Å². The molecule has 0 aliphatic carbocycles. The zero-order valence-electron chi connectivity index (χ0n) is 14.5. The van der Waals surface area contributed by atoms with Crippen molar-refractivity contribution in [3.8, 4) is 17.6 Å². The number of allylic oxidation sites excluding steroid dienone is 1. The average molecular weight is 340 g/mol. The molecule has 1 N–H and O–H groups in total. The highest BCUT2D eigenvalue weighted by molar-refractivity contribution is 6.01. The van der Waals surface area contributed by atoms with Crippen molar-refractivity contribution in [2.24, 2.45) is 0 Å². The number of rotatable bonds is 7. The summed E-state index contributed by atoms with van der Waals surface area (Å²) in [4.78, 5) is 23.6. The molecule has 0 atom stereocenters. The van der Waals surface area contributed by atoms with Crippen LogP contribution < -0.4 is 14.8 Å². The Morgan fingerprint density at radius 2 is 2.04 bits per heavy atom. The maximum absolute atomic E-state index is 11.9. The highest BCUT2D eigenvalue weighted by Gasteiger charge is 2.11. The lowest BCUT2D eigenvalue weighted by atomic mass is 10.1. The Bertz CT molecular complexity index is 766. The van der Waals surface area contributed by atoms with Gasteiger partial charge in [0, 0.05) is 12.6 Å². The van der Waals surface area contributed by atoms with Crippen LogP contribution >= 0.6 is 0 Å². The van der Waals surface area contributed by atoms with E-state index in [0.717, 1.165) is 5.57 Å². The molecular weight excluding hydrogens is 320 g/mol. The molecule has 0 heterocycles. The summed E-state index contributed by atoms with van der Waals surface area (Å²) in [6.07, 6.45) is 4.30. The van der Waals surface area contributed by atoms with Crippen molar-refractivity contribution < 1.29 is 19.1 Å². The molecule has 1 rings (SSSR count). The van der Waals surface area contributed by atoms with E-state index in [-0.39, 0.29) is 17.9 Å². The molecule has 6 heteroatoms. The summed E-state index contributed by atoms with van der Waals surface area (Å²) >= 11 is 0. The highest BCUT2D eigenvalue weighted by Crippen LogP contribution is 2.29. The molecule has 0 bridgehead atoms. The van der Waals surface area contributed by atoms with Crippen LogP contribution in [0.25, 0.3) is 6.08 Å². The average Bonchev–Trinajstić information content (AvgIpc) is 2.57. The van der Waals surface area contributed by atoms with Gasteiger partial charge in [-0.25, -0.2) is 4.79 Å². The van der Waals surface area contributed by atoms with Crippen molar-refractivity contribution in [1.29, 1.82) is 5.26 Å². The molecule has 0 saturated carbocycles. The first kappa shape index (κ1) is 19.7. The number of carbonyl (C=O) groups is 2. The molecule has 130 valence electrons. The van der Waals surface area contributed by atoms with E-state index >= 15 is 0 Å². The fraction of sp³-hybridized carbons (Fsp3) is 0.211. The Morgan fingerprint density at radius 3 is 2.60 bits per heavy atom. The first-order valence-corrected chi connectivity index (χ1v) is 7.47. The number of hydrogen-bond acceptors (Lipinski definition) is 5. The Morgan fingerprint density at radius 1 is 1.32 bits per heavy atom. The summed E-state index contributed by atoms with van der Waals surface area (Å²) in [5.41, 5.74) is 1.31. The van der Waals surface area contributed by atoms with Crippen molar-refractivity contribution >= 4 is 18.0 Å². The number of ether oxygens (including phenoxy) is 2. The minimum atomic E-state index is -0.511. The van der Waals surface area contributed by atoms with E-state index in [2.05, 4.69) is 11.9 Å². The first-order chi connectivity index (χ1) is 11.9. The molecule has 1 aromatic carbocycles. The van der Waals surface area contributed by atoms with Gasteiger partial charge in [0.2, 0.25) is 0 Å². The monoisotopic (exact) mass is 340 g/mol. The van der Waals surface area contributed by atoms with E-state index in [1.54, 1.807) is 26.0 Å². The van der Waals surface area contributed by atoms with Crippen LogP contribution in [0.15, 0.2) is 48.1 Å². The second kappa shape index (κ2) is 9.73. The zero-order chi connectivity index (χ0) is 18.8. The van der Waals surface area contributed by atoms with Gasteiger partial charge in [0.25, 0.3) is 5.91 Å². The van der Waals surface area contributed by atoms with Crippen LogP contribution in [0.3, 0.4) is 0 Å². The van der Waals surface area contributed by atoms with Crippen LogP contribution in [0.1, 0.15) is 19.4 Å². The van der Waals surface area contributed by atoms with Crippen LogP contribution in [0.4, 0.5) is 0 Å². The second-order valence-corrected chi connectivity index (χ2v) is 5.22. The number of nitriles is 1. The van der Waals surface area contributed by atoms with Gasteiger partial charge in [-0.3, -0.25) is 4.79 Å². The van der Waals surface area contributed by atoms with Crippen molar-refractivity contribution in [2.45, 2.75) is 13.8 Å².